The second kappa shape index (κ2) is 10.9. The molecular formula is C30H28N4O2. The van der Waals surface area contributed by atoms with Gasteiger partial charge < -0.3 is 14.5 Å². The normalized spacial score (nSPS) is 11.8. The van der Waals surface area contributed by atoms with Crippen molar-refractivity contribution in [1.29, 1.82) is 0 Å². The highest BCUT2D eigenvalue weighted by molar-refractivity contribution is 5.77. The van der Waals surface area contributed by atoms with Gasteiger partial charge in [-0.25, -0.2) is 4.98 Å². The summed E-state index contributed by atoms with van der Waals surface area (Å²) in [5, 5.41) is 3.05. The lowest BCUT2D eigenvalue weighted by Crippen LogP contribution is -2.25. The van der Waals surface area contributed by atoms with Crippen molar-refractivity contribution in [2.45, 2.75) is 32.4 Å². The number of ether oxygens (including phenoxy) is 1. The van der Waals surface area contributed by atoms with Gasteiger partial charge in [0, 0.05) is 43.7 Å². The topological polar surface area (TPSA) is 68.5 Å². The van der Waals surface area contributed by atoms with Crippen LogP contribution in [0.1, 0.15) is 40.3 Å². The van der Waals surface area contributed by atoms with Crippen LogP contribution in [0.4, 0.5) is 0 Å². The predicted octanol–water partition coefficient (Wildman–Crippen LogP) is 5.46. The standard InChI is InChI=1S/C30H28N4O2/c1-22-9-5-6-13-25(22)26(17-29(35)32-19-24-12-7-15-31-18-24)27-20-33-30-28(14-8-16-34(27)30)36-21-23-10-3-2-4-11-23/h2-16,18,20,26H,17,19,21H2,1H3,(H,32,35). The molecule has 0 saturated carbocycles. The Morgan fingerprint density at radius 1 is 0.944 bits per heavy atom. The van der Waals surface area contributed by atoms with Crippen molar-refractivity contribution in [3.63, 3.8) is 0 Å². The molecule has 36 heavy (non-hydrogen) atoms. The number of carbonyl (C=O) groups is 1. The van der Waals surface area contributed by atoms with Gasteiger partial charge in [-0.2, -0.15) is 0 Å². The molecule has 1 amide bonds. The number of nitrogens with one attached hydrogen (secondary N) is 1. The smallest absolute Gasteiger partial charge is 0.221 e. The average Bonchev–Trinajstić information content (AvgIpc) is 3.36. The minimum atomic E-state index is -0.167. The molecule has 1 atom stereocenters. The summed E-state index contributed by atoms with van der Waals surface area (Å²) in [6.45, 7) is 2.98. The fraction of sp³-hybridized carbons (Fsp3) is 0.167. The molecule has 5 aromatic rings. The number of fused-ring (bicyclic) bond motifs is 1. The predicted molar refractivity (Wildman–Crippen MR) is 140 cm³/mol. The number of benzene rings is 2. The van der Waals surface area contributed by atoms with Gasteiger partial charge >= 0.3 is 0 Å². The summed E-state index contributed by atoms with van der Waals surface area (Å²) >= 11 is 0. The molecule has 0 aliphatic heterocycles. The van der Waals surface area contributed by atoms with Crippen LogP contribution in [0, 0.1) is 6.92 Å². The van der Waals surface area contributed by atoms with Crippen LogP contribution in [-0.4, -0.2) is 20.3 Å². The molecule has 3 heterocycles. The summed E-state index contributed by atoms with van der Waals surface area (Å²) in [4.78, 5) is 21.9. The zero-order valence-electron chi connectivity index (χ0n) is 20.2. The number of rotatable bonds is 9. The van der Waals surface area contributed by atoms with Gasteiger partial charge in [0.05, 0.1) is 5.69 Å². The van der Waals surface area contributed by atoms with Crippen LogP contribution in [0.5, 0.6) is 5.75 Å². The summed E-state index contributed by atoms with van der Waals surface area (Å²) in [6.07, 6.45) is 7.62. The maximum Gasteiger partial charge on any atom is 0.221 e. The number of imidazole rings is 1. The van der Waals surface area contributed by atoms with Crippen molar-refractivity contribution in [3.8, 4) is 5.75 Å². The molecule has 0 aliphatic rings. The van der Waals surface area contributed by atoms with E-state index < -0.39 is 0 Å². The first-order chi connectivity index (χ1) is 17.7. The molecule has 0 fully saturated rings. The van der Waals surface area contributed by atoms with E-state index >= 15 is 0 Å². The average molecular weight is 477 g/mol. The van der Waals surface area contributed by atoms with Crippen molar-refractivity contribution in [2.75, 3.05) is 0 Å². The Hall–Kier alpha value is -4.45. The van der Waals surface area contributed by atoms with Gasteiger partial charge in [-0.3, -0.25) is 9.78 Å². The van der Waals surface area contributed by atoms with Gasteiger partial charge in [0.15, 0.2) is 11.4 Å². The van der Waals surface area contributed by atoms with Gasteiger partial charge in [-0.1, -0.05) is 60.7 Å². The molecule has 0 aliphatic carbocycles. The molecule has 2 aromatic carbocycles. The van der Waals surface area contributed by atoms with E-state index in [9.17, 15) is 4.79 Å². The lowest BCUT2D eigenvalue weighted by Gasteiger charge is -2.19. The summed E-state index contributed by atoms with van der Waals surface area (Å²) in [6, 6.07) is 26.0. The molecular weight excluding hydrogens is 448 g/mol. The Kier molecular flexibility index (Phi) is 7.03. The molecule has 0 radical (unpaired) electrons. The van der Waals surface area contributed by atoms with E-state index in [0.29, 0.717) is 25.3 Å². The summed E-state index contributed by atoms with van der Waals surface area (Å²) in [7, 11) is 0. The molecule has 180 valence electrons. The Balaban J connectivity index is 1.43. The molecule has 6 heteroatoms. The van der Waals surface area contributed by atoms with Crippen LogP contribution in [-0.2, 0) is 17.9 Å². The number of aromatic nitrogens is 3. The number of hydrogen-bond acceptors (Lipinski definition) is 4. The number of nitrogens with zero attached hydrogens (tertiary/aromatic N) is 3. The minimum Gasteiger partial charge on any atom is -0.485 e. The molecule has 1 unspecified atom stereocenters. The van der Waals surface area contributed by atoms with Gasteiger partial charge in [0.25, 0.3) is 0 Å². The molecule has 5 rings (SSSR count). The zero-order valence-corrected chi connectivity index (χ0v) is 20.2. The number of hydrogen-bond donors (Lipinski definition) is 1. The first-order valence-electron chi connectivity index (χ1n) is 12.0. The summed E-state index contributed by atoms with van der Waals surface area (Å²) < 4.78 is 8.16. The first-order valence-corrected chi connectivity index (χ1v) is 12.0. The third kappa shape index (κ3) is 5.28. The van der Waals surface area contributed by atoms with Crippen molar-refractivity contribution in [2.24, 2.45) is 0 Å². The first kappa shape index (κ1) is 23.3. The van der Waals surface area contributed by atoms with Crippen molar-refractivity contribution >= 4 is 11.6 Å². The lowest BCUT2D eigenvalue weighted by atomic mass is 9.89. The quantitative estimate of drug-likeness (QED) is 0.307. The summed E-state index contributed by atoms with van der Waals surface area (Å²) in [5.74, 6) is 0.509. The molecule has 1 N–H and O–H groups in total. The van der Waals surface area contributed by atoms with Crippen molar-refractivity contribution in [3.05, 3.63) is 132 Å². The molecule has 0 spiro atoms. The zero-order chi connectivity index (χ0) is 24.7. The Labute approximate surface area is 210 Å². The van der Waals surface area contributed by atoms with E-state index in [1.54, 1.807) is 12.4 Å². The molecule has 3 aromatic heterocycles. The number of aryl methyl sites for hydroxylation is 1. The Bertz CT molecular complexity index is 1450. The maximum absolute atomic E-state index is 13.1. The SMILES string of the molecule is Cc1ccccc1C(CC(=O)NCc1cccnc1)c1cnc2c(OCc3ccccc3)cccn12. The minimum absolute atomic E-state index is 0.0291. The Morgan fingerprint density at radius 2 is 1.75 bits per heavy atom. The van der Waals surface area contributed by atoms with Gasteiger partial charge in [-0.05, 0) is 47.4 Å². The highest BCUT2D eigenvalue weighted by atomic mass is 16.5. The van der Waals surface area contributed by atoms with E-state index in [-0.39, 0.29) is 11.8 Å². The summed E-state index contributed by atoms with van der Waals surface area (Å²) in [5.41, 5.74) is 5.97. The van der Waals surface area contributed by atoms with Gasteiger partial charge in [-0.15, -0.1) is 0 Å². The monoisotopic (exact) mass is 476 g/mol. The molecule has 0 saturated heterocycles. The second-order valence-electron chi connectivity index (χ2n) is 8.77. The number of carbonyl (C=O) groups excluding carboxylic acids is 1. The highest BCUT2D eigenvalue weighted by Gasteiger charge is 2.24. The van der Waals surface area contributed by atoms with Crippen LogP contribution in [0.2, 0.25) is 0 Å². The second-order valence-corrected chi connectivity index (χ2v) is 8.77. The number of amides is 1. The third-order valence-corrected chi connectivity index (χ3v) is 6.29. The third-order valence-electron chi connectivity index (χ3n) is 6.29. The molecule has 0 bridgehead atoms. The van der Waals surface area contributed by atoms with Crippen LogP contribution >= 0.6 is 0 Å². The fourth-order valence-corrected chi connectivity index (χ4v) is 4.42. The van der Waals surface area contributed by atoms with Crippen LogP contribution in [0.3, 0.4) is 0 Å². The van der Waals surface area contributed by atoms with Crippen molar-refractivity contribution in [1.82, 2.24) is 19.7 Å². The van der Waals surface area contributed by atoms with E-state index in [4.69, 9.17) is 9.72 Å². The fourth-order valence-electron chi connectivity index (χ4n) is 4.42. The van der Waals surface area contributed by atoms with E-state index in [0.717, 1.165) is 33.6 Å². The number of pyridine rings is 2. The largest absolute Gasteiger partial charge is 0.485 e. The van der Waals surface area contributed by atoms with Gasteiger partial charge in [0.1, 0.15) is 6.61 Å². The van der Waals surface area contributed by atoms with Gasteiger partial charge in [0.2, 0.25) is 5.91 Å². The van der Waals surface area contributed by atoms with Crippen molar-refractivity contribution < 1.29 is 9.53 Å². The van der Waals surface area contributed by atoms with E-state index in [1.807, 2.05) is 83.5 Å². The lowest BCUT2D eigenvalue weighted by molar-refractivity contribution is -0.121. The van der Waals surface area contributed by atoms with E-state index in [2.05, 4.69) is 29.4 Å². The van der Waals surface area contributed by atoms with E-state index in [1.165, 1.54) is 0 Å². The Morgan fingerprint density at radius 3 is 2.56 bits per heavy atom. The van der Waals surface area contributed by atoms with Crippen LogP contribution < -0.4 is 10.1 Å². The maximum atomic E-state index is 13.1. The molecule has 6 nitrogen and oxygen atoms in total. The van der Waals surface area contributed by atoms with Crippen LogP contribution in [0.15, 0.2) is 104 Å². The van der Waals surface area contributed by atoms with Crippen LogP contribution in [0.25, 0.3) is 5.65 Å². The highest BCUT2D eigenvalue weighted by Crippen LogP contribution is 2.32.